The van der Waals surface area contributed by atoms with E-state index in [4.69, 9.17) is 13.9 Å². The zero-order chi connectivity index (χ0) is 18.5. The van der Waals surface area contributed by atoms with E-state index >= 15 is 0 Å². The Morgan fingerprint density at radius 3 is 2.65 bits per heavy atom. The second kappa shape index (κ2) is 8.29. The number of rotatable bonds is 6. The second-order valence-corrected chi connectivity index (χ2v) is 6.99. The van der Waals surface area contributed by atoms with Gasteiger partial charge in [-0.1, -0.05) is 0 Å². The highest BCUT2D eigenvalue weighted by atomic mass is 32.1. The van der Waals surface area contributed by atoms with Crippen molar-refractivity contribution in [2.45, 2.75) is 13.3 Å². The van der Waals surface area contributed by atoms with Gasteiger partial charge in [-0.2, -0.15) is 0 Å². The van der Waals surface area contributed by atoms with Crippen LogP contribution < -0.4 is 0 Å². The molecule has 138 valence electrons. The fourth-order valence-corrected chi connectivity index (χ4v) is 3.50. The minimum absolute atomic E-state index is 0.0241. The van der Waals surface area contributed by atoms with Gasteiger partial charge in [-0.05, 0) is 25.1 Å². The van der Waals surface area contributed by atoms with Gasteiger partial charge in [0.2, 0.25) is 11.7 Å². The van der Waals surface area contributed by atoms with Gasteiger partial charge in [0.15, 0.2) is 6.61 Å². The Balaban J connectivity index is 1.52. The molecule has 0 spiro atoms. The molecule has 0 radical (unpaired) electrons. The summed E-state index contributed by atoms with van der Waals surface area (Å²) >= 11 is 1.25. The van der Waals surface area contributed by atoms with Gasteiger partial charge in [0.05, 0.1) is 30.8 Å². The van der Waals surface area contributed by atoms with Gasteiger partial charge in [-0.15, -0.1) is 11.3 Å². The number of amides is 1. The maximum atomic E-state index is 12.2. The maximum Gasteiger partial charge on any atom is 0.342 e. The summed E-state index contributed by atoms with van der Waals surface area (Å²) in [6.45, 7) is 3.61. The lowest BCUT2D eigenvalue weighted by molar-refractivity contribution is -0.134. The van der Waals surface area contributed by atoms with E-state index in [2.05, 4.69) is 0 Å². The van der Waals surface area contributed by atoms with E-state index in [1.54, 1.807) is 24.0 Å². The highest BCUT2D eigenvalue weighted by Gasteiger charge is 2.20. The molecule has 0 saturated carbocycles. The zero-order valence-electron chi connectivity index (χ0n) is 14.4. The monoisotopic (exact) mass is 377 g/mol. The fraction of sp³-hybridized carbons (Fsp3) is 0.389. The summed E-state index contributed by atoms with van der Waals surface area (Å²) in [4.78, 5) is 39.4. The molecule has 8 heteroatoms. The van der Waals surface area contributed by atoms with Crippen molar-refractivity contribution in [3.63, 3.8) is 0 Å². The minimum atomic E-state index is -0.594. The number of nitrogens with zero attached hydrogens (tertiary/aromatic N) is 1. The average molecular weight is 377 g/mol. The second-order valence-electron chi connectivity index (χ2n) is 5.83. The summed E-state index contributed by atoms with van der Waals surface area (Å²) in [5.74, 6) is -0.420. The molecule has 1 saturated heterocycles. The van der Waals surface area contributed by atoms with Crippen LogP contribution in [0.25, 0.3) is 0 Å². The molecule has 2 aromatic rings. The third kappa shape index (κ3) is 4.39. The van der Waals surface area contributed by atoms with Gasteiger partial charge in [0, 0.05) is 18.0 Å². The highest BCUT2D eigenvalue weighted by Crippen LogP contribution is 2.19. The zero-order valence-corrected chi connectivity index (χ0v) is 15.2. The number of aryl methyl sites for hydroxylation is 1. The molecule has 1 aliphatic heterocycles. The minimum Gasteiger partial charge on any atom is -0.469 e. The quantitative estimate of drug-likeness (QED) is 0.566. The van der Waals surface area contributed by atoms with Crippen LogP contribution in [-0.2, 0) is 20.7 Å². The van der Waals surface area contributed by atoms with E-state index in [9.17, 15) is 14.4 Å². The van der Waals surface area contributed by atoms with Crippen LogP contribution in [0.1, 0.15) is 30.7 Å². The van der Waals surface area contributed by atoms with Crippen molar-refractivity contribution in [2.24, 2.45) is 0 Å². The molecule has 0 aromatic carbocycles. The first-order chi connectivity index (χ1) is 12.5. The summed E-state index contributed by atoms with van der Waals surface area (Å²) in [7, 11) is 0. The number of Topliss-reactive ketones (excluding diaryl/α,β-unsaturated/α-hetero) is 1. The van der Waals surface area contributed by atoms with Gasteiger partial charge in [-0.25, -0.2) is 4.79 Å². The number of furan rings is 1. The molecule has 0 aliphatic carbocycles. The van der Waals surface area contributed by atoms with Gasteiger partial charge < -0.3 is 18.8 Å². The standard InChI is InChI=1S/C18H19NO6S/c1-12-14(4-7-24-12)18(22)25-11-15(20)16-3-2-13(26-16)10-17(21)19-5-8-23-9-6-19/h2-4,7H,5-6,8-11H2,1H3. The van der Waals surface area contributed by atoms with Crippen molar-refractivity contribution in [2.75, 3.05) is 32.9 Å². The molecule has 2 aromatic heterocycles. The third-order valence-corrected chi connectivity index (χ3v) is 5.17. The van der Waals surface area contributed by atoms with E-state index in [0.29, 0.717) is 42.5 Å². The van der Waals surface area contributed by atoms with Gasteiger partial charge in [0.25, 0.3) is 0 Å². The number of morpholine rings is 1. The van der Waals surface area contributed by atoms with Crippen LogP contribution in [0.5, 0.6) is 0 Å². The van der Waals surface area contributed by atoms with Crippen molar-refractivity contribution in [3.8, 4) is 0 Å². The smallest absolute Gasteiger partial charge is 0.342 e. The molecule has 1 amide bonds. The number of carbonyl (C=O) groups is 3. The molecule has 7 nitrogen and oxygen atoms in total. The van der Waals surface area contributed by atoms with Crippen LogP contribution in [0, 0.1) is 6.92 Å². The normalized spacial score (nSPS) is 14.3. The molecule has 0 unspecified atom stereocenters. The average Bonchev–Trinajstić information content (AvgIpc) is 3.29. The summed E-state index contributed by atoms with van der Waals surface area (Å²) in [6.07, 6.45) is 1.65. The Morgan fingerprint density at radius 2 is 1.96 bits per heavy atom. The number of ether oxygens (including phenoxy) is 2. The molecule has 1 aliphatic rings. The molecule has 3 rings (SSSR count). The summed E-state index contributed by atoms with van der Waals surface area (Å²) < 4.78 is 15.3. The molecule has 1 fully saturated rings. The van der Waals surface area contributed by atoms with Crippen LogP contribution in [0.3, 0.4) is 0 Å². The highest BCUT2D eigenvalue weighted by molar-refractivity contribution is 7.14. The first kappa shape index (κ1) is 18.3. The van der Waals surface area contributed by atoms with Gasteiger partial charge in [-0.3, -0.25) is 9.59 Å². The molecule has 26 heavy (non-hydrogen) atoms. The third-order valence-electron chi connectivity index (χ3n) is 4.04. The number of hydrogen-bond donors (Lipinski definition) is 0. The van der Waals surface area contributed by atoms with Crippen LogP contribution in [0.2, 0.25) is 0 Å². The van der Waals surface area contributed by atoms with Crippen molar-refractivity contribution in [1.29, 1.82) is 0 Å². The van der Waals surface area contributed by atoms with Crippen molar-refractivity contribution in [3.05, 3.63) is 45.5 Å². The van der Waals surface area contributed by atoms with Crippen LogP contribution in [-0.4, -0.2) is 55.5 Å². The molecule has 0 N–H and O–H groups in total. The Hall–Kier alpha value is -2.45. The van der Waals surface area contributed by atoms with Gasteiger partial charge >= 0.3 is 5.97 Å². The van der Waals surface area contributed by atoms with Crippen LogP contribution in [0.4, 0.5) is 0 Å². The molecular formula is C18H19NO6S. The lowest BCUT2D eigenvalue weighted by Gasteiger charge is -2.26. The molecule has 0 bridgehead atoms. The number of ketones is 1. The summed E-state index contributed by atoms with van der Waals surface area (Å²) in [5, 5.41) is 0. The van der Waals surface area contributed by atoms with E-state index in [-0.39, 0.29) is 24.7 Å². The molecular weight excluding hydrogens is 358 g/mol. The topological polar surface area (TPSA) is 86.0 Å². The number of hydrogen-bond acceptors (Lipinski definition) is 7. The first-order valence-electron chi connectivity index (χ1n) is 8.23. The number of esters is 1. The Kier molecular flexibility index (Phi) is 5.85. The largest absolute Gasteiger partial charge is 0.469 e. The molecule has 0 atom stereocenters. The van der Waals surface area contributed by atoms with E-state index in [0.717, 1.165) is 4.88 Å². The predicted octanol–water partition coefficient (Wildman–Crippen LogP) is 2.09. The Bertz CT molecular complexity index is 802. The Labute approximate surface area is 154 Å². The molecule has 3 heterocycles. The van der Waals surface area contributed by atoms with Crippen molar-refractivity contribution in [1.82, 2.24) is 4.90 Å². The fourth-order valence-electron chi connectivity index (χ4n) is 2.57. The van der Waals surface area contributed by atoms with Crippen LogP contribution in [0.15, 0.2) is 28.9 Å². The summed E-state index contributed by atoms with van der Waals surface area (Å²) in [5.41, 5.74) is 0.306. The maximum absolute atomic E-state index is 12.2. The van der Waals surface area contributed by atoms with E-state index in [1.165, 1.54) is 23.7 Å². The van der Waals surface area contributed by atoms with Crippen molar-refractivity contribution < 1.29 is 28.3 Å². The van der Waals surface area contributed by atoms with E-state index < -0.39 is 5.97 Å². The van der Waals surface area contributed by atoms with Crippen LogP contribution >= 0.6 is 11.3 Å². The lowest BCUT2D eigenvalue weighted by atomic mass is 10.2. The SMILES string of the molecule is Cc1occc1C(=O)OCC(=O)c1ccc(CC(=O)N2CCOCC2)s1. The van der Waals surface area contributed by atoms with Gasteiger partial charge in [0.1, 0.15) is 11.3 Å². The number of thiophene rings is 1. The van der Waals surface area contributed by atoms with E-state index in [1.807, 2.05) is 0 Å². The predicted molar refractivity (Wildman–Crippen MR) is 93.5 cm³/mol. The van der Waals surface area contributed by atoms with Crippen molar-refractivity contribution >= 4 is 29.0 Å². The first-order valence-corrected chi connectivity index (χ1v) is 9.05. The summed E-state index contributed by atoms with van der Waals surface area (Å²) in [6, 6.07) is 4.92. The lowest BCUT2D eigenvalue weighted by Crippen LogP contribution is -2.41. The number of carbonyl (C=O) groups excluding carboxylic acids is 3. The Morgan fingerprint density at radius 1 is 1.19 bits per heavy atom.